The number of hydrogen-bond donors (Lipinski definition) is 2. The van der Waals surface area contributed by atoms with Gasteiger partial charge in [0, 0.05) is 0 Å². The van der Waals surface area contributed by atoms with Crippen molar-refractivity contribution in [3.63, 3.8) is 0 Å². The molecular formula is C7H14N2O3S. The molecule has 1 aliphatic carbocycles. The van der Waals surface area contributed by atoms with E-state index >= 15 is 0 Å². The highest BCUT2D eigenvalue weighted by Crippen LogP contribution is 2.29. The van der Waals surface area contributed by atoms with Gasteiger partial charge in [-0.05, 0) is 25.7 Å². The first-order chi connectivity index (χ1) is 5.91. The molecule has 0 aromatic heterocycles. The lowest BCUT2D eigenvalue weighted by atomic mass is 10.4. The zero-order valence-electron chi connectivity index (χ0n) is 7.49. The van der Waals surface area contributed by atoms with E-state index in [1.54, 1.807) is 0 Å². The highest BCUT2D eigenvalue weighted by Gasteiger charge is 2.29. The van der Waals surface area contributed by atoms with Crippen molar-refractivity contribution in [2.45, 2.75) is 25.8 Å². The van der Waals surface area contributed by atoms with Crippen LogP contribution in [0, 0.1) is 5.92 Å². The van der Waals surface area contributed by atoms with Crippen molar-refractivity contribution in [3.05, 3.63) is 0 Å². The Balaban J connectivity index is 2.45. The lowest BCUT2D eigenvalue weighted by Crippen LogP contribution is -2.43. The first-order valence-corrected chi connectivity index (χ1v) is 5.85. The Kier molecular flexibility index (Phi) is 2.92. The van der Waals surface area contributed by atoms with E-state index in [0.29, 0.717) is 0 Å². The quantitative estimate of drug-likeness (QED) is 0.616. The molecule has 0 bridgehead atoms. The molecule has 76 valence electrons. The molecule has 3 N–H and O–H groups in total. The summed E-state index contributed by atoms with van der Waals surface area (Å²) >= 11 is 0. The molecule has 1 saturated carbocycles. The minimum absolute atomic E-state index is 0.116. The van der Waals surface area contributed by atoms with Gasteiger partial charge < -0.3 is 5.73 Å². The second-order valence-electron chi connectivity index (χ2n) is 3.47. The van der Waals surface area contributed by atoms with Gasteiger partial charge in [0.25, 0.3) is 0 Å². The zero-order chi connectivity index (χ0) is 10.1. The molecule has 0 heterocycles. The second-order valence-corrected chi connectivity index (χ2v) is 5.27. The predicted molar refractivity (Wildman–Crippen MR) is 48.3 cm³/mol. The van der Waals surface area contributed by atoms with Gasteiger partial charge in [-0.3, -0.25) is 4.79 Å². The number of nitrogens with one attached hydrogen (secondary N) is 1. The smallest absolute Gasteiger partial charge is 0.235 e. The van der Waals surface area contributed by atoms with E-state index in [0.717, 1.165) is 12.8 Å². The Bertz CT molecular complexity index is 295. The highest BCUT2D eigenvalue weighted by atomic mass is 32.2. The van der Waals surface area contributed by atoms with Crippen molar-refractivity contribution in [1.29, 1.82) is 0 Å². The molecule has 13 heavy (non-hydrogen) atoms. The van der Waals surface area contributed by atoms with Crippen LogP contribution in [-0.4, -0.2) is 26.1 Å². The molecule has 1 unspecified atom stereocenters. The Labute approximate surface area is 77.7 Å². The topological polar surface area (TPSA) is 89.3 Å². The van der Waals surface area contributed by atoms with E-state index in [-0.39, 0.29) is 11.7 Å². The molecule has 5 nitrogen and oxygen atoms in total. The Morgan fingerprint density at radius 2 is 2.15 bits per heavy atom. The Morgan fingerprint density at radius 1 is 1.62 bits per heavy atom. The third kappa shape index (κ3) is 3.73. The summed E-state index contributed by atoms with van der Waals surface area (Å²) < 4.78 is 24.8. The Hall–Kier alpha value is -0.620. The van der Waals surface area contributed by atoms with Crippen LogP contribution in [0.3, 0.4) is 0 Å². The van der Waals surface area contributed by atoms with Gasteiger partial charge in [0.2, 0.25) is 15.9 Å². The van der Waals surface area contributed by atoms with Crippen molar-refractivity contribution in [2.75, 3.05) is 5.75 Å². The van der Waals surface area contributed by atoms with Crippen LogP contribution in [0.1, 0.15) is 19.8 Å². The predicted octanol–water partition coefficient (Wildman–Crippen LogP) is -0.810. The van der Waals surface area contributed by atoms with Crippen molar-refractivity contribution in [3.8, 4) is 0 Å². The van der Waals surface area contributed by atoms with Crippen molar-refractivity contribution < 1.29 is 13.2 Å². The van der Waals surface area contributed by atoms with Crippen LogP contribution in [-0.2, 0) is 14.8 Å². The minimum Gasteiger partial charge on any atom is -0.368 e. The summed E-state index contributed by atoms with van der Waals surface area (Å²) in [6.07, 6.45) is 1.93. The normalized spacial score (nSPS) is 19.8. The maximum atomic E-state index is 11.3. The number of rotatable bonds is 5. The van der Waals surface area contributed by atoms with Gasteiger partial charge >= 0.3 is 0 Å². The lowest BCUT2D eigenvalue weighted by molar-refractivity contribution is -0.119. The van der Waals surface area contributed by atoms with E-state index in [1.165, 1.54) is 6.92 Å². The number of carbonyl (C=O) groups excluding carboxylic acids is 1. The molecule has 1 aliphatic rings. The minimum atomic E-state index is -3.31. The molecule has 1 amide bonds. The summed E-state index contributed by atoms with van der Waals surface area (Å²) in [5, 5.41) is 0. The van der Waals surface area contributed by atoms with Gasteiger partial charge in [0.05, 0.1) is 11.8 Å². The number of amides is 1. The largest absolute Gasteiger partial charge is 0.368 e. The van der Waals surface area contributed by atoms with Crippen molar-refractivity contribution >= 4 is 15.9 Å². The van der Waals surface area contributed by atoms with Crippen LogP contribution in [0.5, 0.6) is 0 Å². The molecule has 6 heteroatoms. The van der Waals surface area contributed by atoms with Crippen LogP contribution in [0.15, 0.2) is 0 Å². The Morgan fingerprint density at radius 3 is 2.54 bits per heavy atom. The summed E-state index contributed by atoms with van der Waals surface area (Å²) in [6.45, 7) is 1.44. The molecule has 0 radical (unpaired) electrons. The molecule has 1 rings (SSSR count). The number of hydrogen-bond acceptors (Lipinski definition) is 3. The second kappa shape index (κ2) is 3.63. The zero-order valence-corrected chi connectivity index (χ0v) is 8.30. The van der Waals surface area contributed by atoms with Crippen molar-refractivity contribution in [1.82, 2.24) is 4.72 Å². The molecule has 0 aliphatic heterocycles. The number of carbonyl (C=O) groups is 1. The fraction of sp³-hybridized carbons (Fsp3) is 0.857. The average molecular weight is 206 g/mol. The van der Waals surface area contributed by atoms with Crippen LogP contribution >= 0.6 is 0 Å². The van der Waals surface area contributed by atoms with Gasteiger partial charge in [-0.1, -0.05) is 0 Å². The van der Waals surface area contributed by atoms with E-state index < -0.39 is 22.0 Å². The van der Waals surface area contributed by atoms with E-state index in [1.807, 2.05) is 0 Å². The highest BCUT2D eigenvalue weighted by molar-refractivity contribution is 7.89. The average Bonchev–Trinajstić information content (AvgIpc) is 2.69. The van der Waals surface area contributed by atoms with Crippen LogP contribution in [0.4, 0.5) is 0 Å². The lowest BCUT2D eigenvalue weighted by Gasteiger charge is -2.09. The number of nitrogens with two attached hydrogens (primary N) is 1. The van der Waals surface area contributed by atoms with E-state index in [2.05, 4.69) is 4.72 Å². The van der Waals surface area contributed by atoms with E-state index in [9.17, 15) is 13.2 Å². The molecular weight excluding hydrogens is 192 g/mol. The fourth-order valence-corrected chi connectivity index (χ4v) is 2.68. The first kappa shape index (κ1) is 10.5. The number of sulfonamides is 1. The summed E-state index contributed by atoms with van der Waals surface area (Å²) in [6, 6.07) is -0.816. The van der Waals surface area contributed by atoms with Crippen LogP contribution in [0.25, 0.3) is 0 Å². The summed E-state index contributed by atoms with van der Waals surface area (Å²) in [5.74, 6) is -0.262. The summed E-state index contributed by atoms with van der Waals surface area (Å²) in [5.41, 5.74) is 4.92. The summed E-state index contributed by atoms with van der Waals surface area (Å²) in [4.78, 5) is 10.6. The number of primary amides is 1. The van der Waals surface area contributed by atoms with Gasteiger partial charge in [-0.2, -0.15) is 0 Å². The van der Waals surface area contributed by atoms with Crippen LogP contribution in [0.2, 0.25) is 0 Å². The molecule has 0 saturated heterocycles. The maximum Gasteiger partial charge on any atom is 0.235 e. The standard InChI is InChI=1S/C7H14N2O3S/c1-5(7(8)10)9-13(11,12)4-6-2-3-6/h5-6,9H,2-4H2,1H3,(H2,8,10). The molecule has 0 aromatic carbocycles. The van der Waals surface area contributed by atoms with Gasteiger partial charge in [-0.25, -0.2) is 13.1 Å². The molecule has 1 fully saturated rings. The third-order valence-corrected chi connectivity index (χ3v) is 3.56. The fourth-order valence-electron chi connectivity index (χ4n) is 0.970. The van der Waals surface area contributed by atoms with Gasteiger partial charge in [-0.15, -0.1) is 0 Å². The van der Waals surface area contributed by atoms with Crippen LogP contribution < -0.4 is 10.5 Å². The third-order valence-electron chi connectivity index (χ3n) is 1.94. The monoisotopic (exact) mass is 206 g/mol. The van der Waals surface area contributed by atoms with Gasteiger partial charge in [0.1, 0.15) is 0 Å². The molecule has 0 spiro atoms. The molecule has 1 atom stereocenters. The molecule has 0 aromatic rings. The van der Waals surface area contributed by atoms with E-state index in [4.69, 9.17) is 5.73 Å². The van der Waals surface area contributed by atoms with Gasteiger partial charge in [0.15, 0.2) is 0 Å². The summed E-state index contributed by atoms with van der Waals surface area (Å²) in [7, 11) is -3.31. The SMILES string of the molecule is CC(NS(=O)(=O)CC1CC1)C(N)=O. The van der Waals surface area contributed by atoms with Crippen molar-refractivity contribution in [2.24, 2.45) is 11.7 Å². The maximum absolute atomic E-state index is 11.3. The first-order valence-electron chi connectivity index (χ1n) is 4.20.